The Morgan fingerprint density at radius 1 is 1.08 bits per heavy atom. The molecular weight excluding hydrogens is 397 g/mol. The summed E-state index contributed by atoms with van der Waals surface area (Å²) in [7, 11) is -0.525. The van der Waals surface area contributed by atoms with Crippen LogP contribution in [-0.4, -0.2) is 25.9 Å². The first-order chi connectivity index (χ1) is 12.2. The topological polar surface area (TPSA) is 80.2 Å². The molecule has 0 saturated carbocycles. The minimum absolute atomic E-state index is 0.0342. The molecule has 26 heavy (non-hydrogen) atoms. The molecule has 9 heteroatoms. The van der Waals surface area contributed by atoms with Crippen molar-refractivity contribution < 1.29 is 13.2 Å². The van der Waals surface area contributed by atoms with Gasteiger partial charge in [0.1, 0.15) is 0 Å². The van der Waals surface area contributed by atoms with Crippen LogP contribution < -0.4 is 10.0 Å². The van der Waals surface area contributed by atoms with E-state index in [-0.39, 0.29) is 20.8 Å². The Kier molecular flexibility index (Phi) is 4.88. The van der Waals surface area contributed by atoms with E-state index in [1.807, 2.05) is 0 Å². The Morgan fingerprint density at radius 3 is 2.35 bits per heavy atom. The monoisotopic (exact) mass is 411 g/mol. The Morgan fingerprint density at radius 2 is 1.73 bits per heavy atom. The Labute approximate surface area is 160 Å². The minimum atomic E-state index is -3.86. The van der Waals surface area contributed by atoms with Gasteiger partial charge in [-0.25, -0.2) is 8.42 Å². The summed E-state index contributed by atoms with van der Waals surface area (Å²) in [6, 6.07) is 9.05. The number of amides is 1. The summed E-state index contributed by atoms with van der Waals surface area (Å²) in [5.74, 6) is -0.211. The van der Waals surface area contributed by atoms with Crippen LogP contribution in [-0.2, 0) is 17.1 Å². The van der Waals surface area contributed by atoms with Gasteiger partial charge >= 0.3 is 0 Å². The number of anilines is 1. The van der Waals surface area contributed by atoms with Gasteiger partial charge in [-0.15, -0.1) is 0 Å². The van der Waals surface area contributed by atoms with Crippen molar-refractivity contribution in [2.24, 2.45) is 7.05 Å². The number of aromatic nitrogens is 1. The van der Waals surface area contributed by atoms with Gasteiger partial charge in [-0.2, -0.15) is 0 Å². The lowest BCUT2D eigenvalue weighted by molar-refractivity contribution is 0.0964. The van der Waals surface area contributed by atoms with E-state index in [2.05, 4.69) is 10.0 Å². The summed E-state index contributed by atoms with van der Waals surface area (Å²) < 4.78 is 29.4. The van der Waals surface area contributed by atoms with Gasteiger partial charge in [0.15, 0.2) is 0 Å². The second-order valence-corrected chi connectivity index (χ2v) is 8.23. The average molecular weight is 412 g/mol. The number of hydrogen-bond acceptors (Lipinski definition) is 3. The van der Waals surface area contributed by atoms with Gasteiger partial charge in [0.05, 0.1) is 21.7 Å². The number of nitrogens with one attached hydrogen (secondary N) is 2. The molecule has 1 aromatic heterocycles. The molecule has 0 aliphatic rings. The van der Waals surface area contributed by atoms with Gasteiger partial charge in [0, 0.05) is 35.7 Å². The molecule has 1 amide bonds. The fourth-order valence-electron chi connectivity index (χ4n) is 2.66. The second kappa shape index (κ2) is 6.83. The molecule has 0 saturated heterocycles. The number of hydrogen-bond donors (Lipinski definition) is 2. The molecule has 0 unspecified atom stereocenters. The lowest BCUT2D eigenvalue weighted by atomic mass is 10.1. The minimum Gasteiger partial charge on any atom is -0.355 e. The highest BCUT2D eigenvalue weighted by molar-refractivity contribution is 7.92. The van der Waals surface area contributed by atoms with E-state index in [4.69, 9.17) is 23.2 Å². The molecule has 136 valence electrons. The van der Waals surface area contributed by atoms with Crippen LogP contribution in [0.5, 0.6) is 0 Å². The highest BCUT2D eigenvalue weighted by Gasteiger charge is 2.18. The third kappa shape index (κ3) is 3.51. The number of aryl methyl sites for hydroxylation is 1. The quantitative estimate of drug-likeness (QED) is 0.687. The number of carbonyl (C=O) groups excluding carboxylic acids is 1. The zero-order valence-corrected chi connectivity index (χ0v) is 16.2. The fourth-order valence-corrected chi connectivity index (χ4v) is 4.44. The molecule has 0 bridgehead atoms. The first-order valence-electron chi connectivity index (χ1n) is 7.51. The van der Waals surface area contributed by atoms with Crippen molar-refractivity contribution in [2.75, 3.05) is 11.8 Å². The summed E-state index contributed by atoms with van der Waals surface area (Å²) in [4.78, 5) is 11.9. The molecule has 3 aromatic rings. The maximum atomic E-state index is 12.6. The van der Waals surface area contributed by atoms with Crippen LogP contribution in [0, 0.1) is 0 Å². The van der Waals surface area contributed by atoms with Crippen LogP contribution in [0.3, 0.4) is 0 Å². The van der Waals surface area contributed by atoms with Crippen LogP contribution in [0.4, 0.5) is 5.69 Å². The molecule has 2 N–H and O–H groups in total. The molecule has 3 rings (SSSR count). The maximum absolute atomic E-state index is 12.6. The lowest BCUT2D eigenvalue weighted by Gasteiger charge is -2.10. The van der Waals surface area contributed by atoms with Crippen molar-refractivity contribution in [3.8, 4) is 0 Å². The van der Waals surface area contributed by atoms with E-state index in [1.54, 1.807) is 43.1 Å². The molecule has 0 fully saturated rings. The van der Waals surface area contributed by atoms with E-state index in [1.165, 1.54) is 18.2 Å². The summed E-state index contributed by atoms with van der Waals surface area (Å²) in [5, 5.41) is 3.76. The number of carbonyl (C=O) groups is 1. The van der Waals surface area contributed by atoms with Crippen molar-refractivity contribution in [1.82, 2.24) is 9.88 Å². The molecular formula is C17H15Cl2N3O3S. The van der Waals surface area contributed by atoms with Gasteiger partial charge in [-0.05, 0) is 36.4 Å². The van der Waals surface area contributed by atoms with Gasteiger partial charge in [-0.1, -0.05) is 23.2 Å². The second-order valence-electron chi connectivity index (χ2n) is 5.68. The van der Waals surface area contributed by atoms with Crippen LogP contribution in [0.15, 0.2) is 47.5 Å². The number of fused-ring (bicyclic) bond motifs is 1. The first-order valence-corrected chi connectivity index (χ1v) is 9.75. The van der Waals surface area contributed by atoms with Crippen LogP contribution >= 0.6 is 23.2 Å². The standard InChI is InChI=1S/C17H15Cl2N3O3S/c1-20-17(23)15-9-22(2)16-8-12(3-4-14(15)16)21-26(24,25)13-6-10(18)5-11(19)7-13/h3-9,21H,1-2H3,(H,20,23). The third-order valence-electron chi connectivity index (χ3n) is 3.86. The predicted molar refractivity (Wildman–Crippen MR) is 104 cm³/mol. The summed E-state index contributed by atoms with van der Waals surface area (Å²) in [5.41, 5.74) is 1.59. The van der Waals surface area contributed by atoms with E-state index in [0.29, 0.717) is 16.8 Å². The zero-order chi connectivity index (χ0) is 19.1. The highest BCUT2D eigenvalue weighted by atomic mass is 35.5. The zero-order valence-electron chi connectivity index (χ0n) is 13.9. The highest BCUT2D eigenvalue weighted by Crippen LogP contribution is 2.27. The average Bonchev–Trinajstić information content (AvgIpc) is 2.89. The summed E-state index contributed by atoms with van der Waals surface area (Å²) >= 11 is 11.8. The van der Waals surface area contributed by atoms with Gasteiger partial charge < -0.3 is 9.88 Å². The van der Waals surface area contributed by atoms with Crippen LogP contribution in [0.25, 0.3) is 10.9 Å². The molecule has 0 spiro atoms. The van der Waals surface area contributed by atoms with Gasteiger partial charge in [0.25, 0.3) is 15.9 Å². The smallest absolute Gasteiger partial charge is 0.261 e. The Balaban J connectivity index is 2.01. The molecule has 2 aromatic carbocycles. The fraction of sp³-hybridized carbons (Fsp3) is 0.118. The largest absolute Gasteiger partial charge is 0.355 e. The molecule has 0 aliphatic heterocycles. The Bertz CT molecular complexity index is 1100. The molecule has 0 aliphatic carbocycles. The SMILES string of the molecule is CNC(=O)c1cn(C)c2cc(NS(=O)(=O)c3cc(Cl)cc(Cl)c3)ccc12. The third-order valence-corrected chi connectivity index (χ3v) is 5.66. The number of nitrogens with zero attached hydrogens (tertiary/aromatic N) is 1. The predicted octanol–water partition coefficient (Wildman–Crippen LogP) is 3.65. The van der Waals surface area contributed by atoms with Crippen molar-refractivity contribution in [1.29, 1.82) is 0 Å². The number of halogens is 2. The summed E-state index contributed by atoms with van der Waals surface area (Å²) in [6.07, 6.45) is 1.69. The van der Waals surface area contributed by atoms with E-state index < -0.39 is 10.0 Å². The van der Waals surface area contributed by atoms with Crippen LogP contribution in [0.2, 0.25) is 10.0 Å². The maximum Gasteiger partial charge on any atom is 0.261 e. The van der Waals surface area contributed by atoms with Gasteiger partial charge in [0.2, 0.25) is 0 Å². The van der Waals surface area contributed by atoms with Gasteiger partial charge in [-0.3, -0.25) is 9.52 Å². The van der Waals surface area contributed by atoms with Crippen LogP contribution in [0.1, 0.15) is 10.4 Å². The Hall–Kier alpha value is -2.22. The van der Waals surface area contributed by atoms with E-state index >= 15 is 0 Å². The first kappa shape index (κ1) is 18.6. The van der Waals surface area contributed by atoms with Crippen molar-refractivity contribution >= 4 is 55.7 Å². The molecule has 1 heterocycles. The van der Waals surface area contributed by atoms with Crippen molar-refractivity contribution in [2.45, 2.75) is 4.90 Å². The molecule has 0 radical (unpaired) electrons. The lowest BCUT2D eigenvalue weighted by Crippen LogP contribution is -2.17. The molecule has 0 atom stereocenters. The molecule has 6 nitrogen and oxygen atoms in total. The number of benzene rings is 2. The number of rotatable bonds is 4. The normalized spacial score (nSPS) is 11.5. The van der Waals surface area contributed by atoms with Crippen molar-refractivity contribution in [3.05, 3.63) is 58.2 Å². The van der Waals surface area contributed by atoms with E-state index in [0.717, 1.165) is 5.39 Å². The number of sulfonamides is 1. The van der Waals surface area contributed by atoms with Crippen molar-refractivity contribution in [3.63, 3.8) is 0 Å². The summed E-state index contributed by atoms with van der Waals surface area (Å²) in [6.45, 7) is 0. The van der Waals surface area contributed by atoms with E-state index in [9.17, 15) is 13.2 Å².